The zero-order valence-electron chi connectivity index (χ0n) is 9.39. The van der Waals surface area contributed by atoms with Crippen LogP contribution in [0.3, 0.4) is 0 Å². The molecule has 0 radical (unpaired) electrons. The van der Waals surface area contributed by atoms with Gasteiger partial charge in [-0.05, 0) is 41.2 Å². The van der Waals surface area contributed by atoms with E-state index in [2.05, 4.69) is 42.5 Å². The van der Waals surface area contributed by atoms with Crippen molar-refractivity contribution in [2.45, 2.75) is 25.3 Å². The summed E-state index contributed by atoms with van der Waals surface area (Å²) in [6.45, 7) is 0. The molecule has 1 aliphatic rings. The molecular weight excluding hydrogens is 194 g/mol. The molecule has 0 saturated heterocycles. The maximum Gasteiger partial charge on any atom is 0.0323 e. The normalized spacial score (nSPS) is 18.3. The summed E-state index contributed by atoms with van der Waals surface area (Å²) >= 11 is 0. The lowest BCUT2D eigenvalue weighted by molar-refractivity contribution is 0.264. The van der Waals surface area contributed by atoms with Crippen molar-refractivity contribution in [1.29, 1.82) is 0 Å². The van der Waals surface area contributed by atoms with Gasteiger partial charge < -0.3 is 5.73 Å². The summed E-state index contributed by atoms with van der Waals surface area (Å²) in [5, 5.41) is 2.60. The molecule has 82 valence electrons. The van der Waals surface area contributed by atoms with Gasteiger partial charge in [0, 0.05) is 6.04 Å². The smallest absolute Gasteiger partial charge is 0.0323 e. The minimum absolute atomic E-state index is 0.235. The van der Waals surface area contributed by atoms with Gasteiger partial charge in [0.05, 0.1) is 0 Å². The van der Waals surface area contributed by atoms with Gasteiger partial charge in [0.25, 0.3) is 0 Å². The van der Waals surface area contributed by atoms with Crippen molar-refractivity contribution in [1.82, 2.24) is 0 Å². The number of nitrogens with two attached hydrogens (primary N) is 1. The molecule has 0 heterocycles. The Balaban J connectivity index is 1.97. The number of hydrogen-bond donors (Lipinski definition) is 1. The molecule has 2 aromatic carbocycles. The molecule has 0 aliphatic heterocycles. The van der Waals surface area contributed by atoms with E-state index in [0.717, 1.165) is 0 Å². The summed E-state index contributed by atoms with van der Waals surface area (Å²) < 4.78 is 0. The third-order valence-corrected chi connectivity index (χ3v) is 3.82. The van der Waals surface area contributed by atoms with Crippen LogP contribution in [0.25, 0.3) is 10.8 Å². The predicted molar refractivity (Wildman–Crippen MR) is 68.2 cm³/mol. The Morgan fingerprint density at radius 3 is 2.44 bits per heavy atom. The Hall–Kier alpha value is -1.34. The predicted octanol–water partition coefficient (Wildman–Crippen LogP) is 3.64. The van der Waals surface area contributed by atoms with Crippen molar-refractivity contribution in [3.63, 3.8) is 0 Å². The molecule has 2 N–H and O–H groups in total. The molecule has 0 bridgehead atoms. The average Bonchev–Trinajstić information content (AvgIpc) is 2.26. The van der Waals surface area contributed by atoms with E-state index in [4.69, 9.17) is 5.73 Å². The highest BCUT2D eigenvalue weighted by Crippen LogP contribution is 2.36. The molecule has 1 aliphatic carbocycles. The minimum Gasteiger partial charge on any atom is -0.324 e. The molecule has 0 unspecified atom stereocenters. The highest BCUT2D eigenvalue weighted by Gasteiger charge is 2.25. The lowest BCUT2D eigenvalue weighted by Crippen LogP contribution is -2.26. The zero-order valence-corrected chi connectivity index (χ0v) is 9.39. The first-order valence-electron chi connectivity index (χ1n) is 6.09. The first kappa shape index (κ1) is 9.86. The summed E-state index contributed by atoms with van der Waals surface area (Å²) in [7, 11) is 0. The van der Waals surface area contributed by atoms with Crippen LogP contribution in [0.15, 0.2) is 42.5 Å². The van der Waals surface area contributed by atoms with E-state index in [0.29, 0.717) is 5.92 Å². The van der Waals surface area contributed by atoms with Crippen LogP contribution in [0.5, 0.6) is 0 Å². The number of fused-ring (bicyclic) bond motifs is 1. The van der Waals surface area contributed by atoms with E-state index < -0.39 is 0 Å². The molecule has 16 heavy (non-hydrogen) atoms. The Morgan fingerprint density at radius 2 is 1.75 bits per heavy atom. The number of rotatable bonds is 2. The first-order chi connectivity index (χ1) is 7.84. The summed E-state index contributed by atoms with van der Waals surface area (Å²) in [5.74, 6) is 0.709. The zero-order chi connectivity index (χ0) is 11.0. The second-order valence-electron chi connectivity index (χ2n) is 4.82. The van der Waals surface area contributed by atoms with E-state index in [1.54, 1.807) is 0 Å². The largest absolute Gasteiger partial charge is 0.324 e. The van der Waals surface area contributed by atoms with Crippen LogP contribution in [-0.4, -0.2) is 0 Å². The standard InChI is InChI=1S/C15H17N/c16-15(12-6-3-7-12)14-9-8-11-4-1-2-5-13(11)10-14/h1-2,4-5,8-10,12,15H,3,6-7,16H2/t15-/m1/s1. The van der Waals surface area contributed by atoms with Crippen LogP contribution in [0.2, 0.25) is 0 Å². The molecule has 0 spiro atoms. The van der Waals surface area contributed by atoms with Crippen molar-refractivity contribution in [2.75, 3.05) is 0 Å². The molecule has 1 atom stereocenters. The average molecular weight is 211 g/mol. The Morgan fingerprint density at radius 1 is 1.00 bits per heavy atom. The van der Waals surface area contributed by atoms with Gasteiger partial charge in [0.1, 0.15) is 0 Å². The van der Waals surface area contributed by atoms with Crippen LogP contribution in [-0.2, 0) is 0 Å². The van der Waals surface area contributed by atoms with Crippen LogP contribution >= 0.6 is 0 Å². The maximum absolute atomic E-state index is 6.29. The van der Waals surface area contributed by atoms with E-state index in [1.807, 2.05) is 0 Å². The molecule has 1 nitrogen and oxygen atoms in total. The van der Waals surface area contributed by atoms with Gasteiger partial charge in [-0.3, -0.25) is 0 Å². The van der Waals surface area contributed by atoms with Gasteiger partial charge in [-0.25, -0.2) is 0 Å². The van der Waals surface area contributed by atoms with Crippen LogP contribution in [0.4, 0.5) is 0 Å². The van der Waals surface area contributed by atoms with E-state index >= 15 is 0 Å². The Kier molecular flexibility index (Phi) is 2.41. The molecule has 0 aromatic heterocycles. The van der Waals surface area contributed by atoms with Crippen molar-refractivity contribution < 1.29 is 0 Å². The molecule has 1 saturated carbocycles. The highest BCUT2D eigenvalue weighted by molar-refractivity contribution is 5.83. The number of benzene rings is 2. The second kappa shape index (κ2) is 3.91. The topological polar surface area (TPSA) is 26.0 Å². The molecule has 1 fully saturated rings. The van der Waals surface area contributed by atoms with E-state index in [9.17, 15) is 0 Å². The van der Waals surface area contributed by atoms with E-state index in [1.165, 1.54) is 35.6 Å². The second-order valence-corrected chi connectivity index (χ2v) is 4.82. The summed E-state index contributed by atoms with van der Waals surface area (Å²) in [5.41, 5.74) is 7.59. The summed E-state index contributed by atoms with van der Waals surface area (Å²) in [4.78, 5) is 0. The third kappa shape index (κ3) is 1.61. The maximum atomic E-state index is 6.29. The third-order valence-electron chi connectivity index (χ3n) is 3.82. The number of hydrogen-bond acceptors (Lipinski definition) is 1. The fourth-order valence-electron chi connectivity index (χ4n) is 2.49. The first-order valence-corrected chi connectivity index (χ1v) is 6.09. The van der Waals surface area contributed by atoms with Gasteiger partial charge in [-0.15, -0.1) is 0 Å². The molecule has 0 amide bonds. The fourth-order valence-corrected chi connectivity index (χ4v) is 2.49. The molecule has 1 heteroatoms. The van der Waals surface area contributed by atoms with E-state index in [-0.39, 0.29) is 6.04 Å². The molecule has 2 aromatic rings. The molecule has 3 rings (SSSR count). The molecular formula is C15H17N. The van der Waals surface area contributed by atoms with Crippen molar-refractivity contribution in [3.8, 4) is 0 Å². The monoisotopic (exact) mass is 211 g/mol. The van der Waals surface area contributed by atoms with Crippen molar-refractivity contribution in [2.24, 2.45) is 11.7 Å². The van der Waals surface area contributed by atoms with Gasteiger partial charge in [-0.2, -0.15) is 0 Å². The van der Waals surface area contributed by atoms with Gasteiger partial charge >= 0.3 is 0 Å². The van der Waals surface area contributed by atoms with Crippen molar-refractivity contribution in [3.05, 3.63) is 48.0 Å². The van der Waals surface area contributed by atoms with Gasteiger partial charge in [-0.1, -0.05) is 42.8 Å². The lowest BCUT2D eigenvalue weighted by Gasteiger charge is -2.31. The summed E-state index contributed by atoms with van der Waals surface area (Å²) in [6, 6.07) is 15.3. The minimum atomic E-state index is 0.235. The Bertz CT molecular complexity index is 500. The van der Waals surface area contributed by atoms with Crippen LogP contribution in [0.1, 0.15) is 30.9 Å². The highest BCUT2D eigenvalue weighted by atomic mass is 14.7. The van der Waals surface area contributed by atoms with Crippen molar-refractivity contribution >= 4 is 10.8 Å². The SMILES string of the molecule is N[C@@H](c1ccc2ccccc2c1)C1CCC1. The fraction of sp³-hybridized carbons (Fsp3) is 0.333. The van der Waals surface area contributed by atoms with Gasteiger partial charge in [0.2, 0.25) is 0 Å². The quantitative estimate of drug-likeness (QED) is 0.806. The van der Waals surface area contributed by atoms with Gasteiger partial charge in [0.15, 0.2) is 0 Å². The van der Waals surface area contributed by atoms with Crippen LogP contribution < -0.4 is 5.73 Å². The summed E-state index contributed by atoms with van der Waals surface area (Å²) in [6.07, 6.45) is 3.95. The van der Waals surface area contributed by atoms with Crippen LogP contribution in [0, 0.1) is 5.92 Å². The Labute approximate surface area is 96.3 Å². The lowest BCUT2D eigenvalue weighted by atomic mass is 9.77.